The molecule has 0 amide bonds. The number of carboxylic acid groups (broad SMARTS) is 1. The lowest BCUT2D eigenvalue weighted by Gasteiger charge is -2.14. The summed E-state index contributed by atoms with van der Waals surface area (Å²) in [6.07, 6.45) is 0.533. The normalized spacial score (nSPS) is 13.2. The number of carboxylic acids is 1. The minimum Gasteiger partial charge on any atom is -0.480 e. The summed E-state index contributed by atoms with van der Waals surface area (Å²) in [5, 5.41) is 8.48. The Labute approximate surface area is 107 Å². The van der Waals surface area contributed by atoms with Crippen LogP contribution in [0.1, 0.15) is 18.1 Å². The number of sulfonamides is 1. The maximum absolute atomic E-state index is 11.4. The SMILES string of the molecule is Cc1ccccc1CC(C)NS(=O)(=O)CC(=O)O. The number of carbonyl (C=O) groups is 1. The molecule has 0 spiro atoms. The predicted octanol–water partition coefficient (Wildman–Crippen LogP) is 0.930. The van der Waals surface area contributed by atoms with Crippen LogP contribution in [0, 0.1) is 6.92 Å². The van der Waals surface area contributed by atoms with E-state index in [1.807, 2.05) is 31.2 Å². The lowest BCUT2D eigenvalue weighted by Crippen LogP contribution is -2.37. The summed E-state index contributed by atoms with van der Waals surface area (Å²) >= 11 is 0. The third kappa shape index (κ3) is 4.85. The van der Waals surface area contributed by atoms with Gasteiger partial charge in [-0.05, 0) is 31.4 Å². The van der Waals surface area contributed by atoms with Gasteiger partial charge in [-0.2, -0.15) is 0 Å². The van der Waals surface area contributed by atoms with Crippen molar-refractivity contribution in [3.05, 3.63) is 35.4 Å². The fraction of sp³-hybridized carbons (Fsp3) is 0.417. The fourth-order valence-corrected chi connectivity index (χ4v) is 2.83. The number of hydrogen-bond acceptors (Lipinski definition) is 3. The largest absolute Gasteiger partial charge is 0.480 e. The molecule has 5 nitrogen and oxygen atoms in total. The molecule has 0 aliphatic heterocycles. The zero-order chi connectivity index (χ0) is 13.8. The molecule has 0 heterocycles. The molecule has 2 N–H and O–H groups in total. The summed E-state index contributed by atoms with van der Waals surface area (Å²) in [6.45, 7) is 3.67. The van der Waals surface area contributed by atoms with Gasteiger partial charge in [0.05, 0.1) is 0 Å². The van der Waals surface area contributed by atoms with Gasteiger partial charge in [-0.1, -0.05) is 24.3 Å². The lowest BCUT2D eigenvalue weighted by molar-refractivity contribution is -0.134. The first kappa shape index (κ1) is 14.7. The van der Waals surface area contributed by atoms with Crippen molar-refractivity contribution in [3.63, 3.8) is 0 Å². The average Bonchev–Trinajstić information content (AvgIpc) is 2.18. The van der Waals surface area contributed by atoms with Crippen molar-refractivity contribution in [1.82, 2.24) is 4.72 Å². The zero-order valence-corrected chi connectivity index (χ0v) is 11.2. The van der Waals surface area contributed by atoms with Crippen molar-refractivity contribution in [2.75, 3.05) is 5.75 Å². The smallest absolute Gasteiger partial charge is 0.320 e. The van der Waals surface area contributed by atoms with Gasteiger partial charge in [0.15, 0.2) is 5.75 Å². The molecule has 1 aromatic carbocycles. The summed E-state index contributed by atoms with van der Waals surface area (Å²) < 4.78 is 25.2. The summed E-state index contributed by atoms with van der Waals surface area (Å²) in [5.41, 5.74) is 2.13. The van der Waals surface area contributed by atoms with Crippen molar-refractivity contribution in [2.45, 2.75) is 26.3 Å². The minimum absolute atomic E-state index is 0.338. The summed E-state index contributed by atoms with van der Waals surface area (Å²) in [7, 11) is -3.76. The highest BCUT2D eigenvalue weighted by Gasteiger charge is 2.18. The molecular formula is C12H17NO4S. The second-order valence-corrected chi connectivity index (χ2v) is 6.06. The van der Waals surface area contributed by atoms with Crippen LogP contribution >= 0.6 is 0 Å². The van der Waals surface area contributed by atoms with Gasteiger partial charge in [0.1, 0.15) is 0 Å². The van der Waals surface area contributed by atoms with Crippen molar-refractivity contribution < 1.29 is 18.3 Å². The minimum atomic E-state index is -3.76. The van der Waals surface area contributed by atoms with Crippen molar-refractivity contribution in [3.8, 4) is 0 Å². The topological polar surface area (TPSA) is 83.5 Å². The second kappa shape index (κ2) is 5.97. The van der Waals surface area contributed by atoms with E-state index in [2.05, 4.69) is 4.72 Å². The van der Waals surface area contributed by atoms with E-state index < -0.39 is 21.7 Å². The van der Waals surface area contributed by atoms with E-state index in [-0.39, 0.29) is 6.04 Å². The van der Waals surface area contributed by atoms with Crippen LogP contribution in [0.2, 0.25) is 0 Å². The van der Waals surface area contributed by atoms with Crippen LogP contribution in [0.3, 0.4) is 0 Å². The van der Waals surface area contributed by atoms with E-state index in [0.717, 1.165) is 11.1 Å². The van der Waals surface area contributed by atoms with Crippen molar-refractivity contribution >= 4 is 16.0 Å². The molecule has 0 saturated carbocycles. The van der Waals surface area contributed by atoms with Crippen LogP contribution in [-0.2, 0) is 21.2 Å². The third-order valence-corrected chi connectivity index (χ3v) is 3.87. The first-order valence-corrected chi connectivity index (χ1v) is 7.21. The summed E-state index contributed by atoms with van der Waals surface area (Å²) in [4.78, 5) is 10.4. The van der Waals surface area contributed by atoms with Crippen LogP contribution in [0.4, 0.5) is 0 Å². The Morgan fingerprint density at radius 2 is 2.00 bits per heavy atom. The highest BCUT2D eigenvalue weighted by atomic mass is 32.2. The fourth-order valence-electron chi connectivity index (χ4n) is 1.72. The molecule has 0 radical (unpaired) electrons. The third-order valence-electron chi connectivity index (χ3n) is 2.48. The molecule has 0 fully saturated rings. The molecule has 18 heavy (non-hydrogen) atoms. The highest BCUT2D eigenvalue weighted by Crippen LogP contribution is 2.10. The molecule has 6 heteroatoms. The van der Waals surface area contributed by atoms with E-state index >= 15 is 0 Å². The van der Waals surface area contributed by atoms with E-state index in [1.165, 1.54) is 0 Å². The molecule has 1 aromatic rings. The number of nitrogens with one attached hydrogen (secondary N) is 1. The average molecular weight is 271 g/mol. The summed E-state index contributed by atoms with van der Waals surface area (Å²) in [5.74, 6) is -2.25. The molecule has 0 aliphatic rings. The monoisotopic (exact) mass is 271 g/mol. The molecule has 0 aliphatic carbocycles. The Balaban J connectivity index is 2.65. The Morgan fingerprint density at radius 1 is 1.39 bits per heavy atom. The number of rotatable bonds is 6. The van der Waals surface area contributed by atoms with Gasteiger partial charge in [0, 0.05) is 6.04 Å². The van der Waals surface area contributed by atoms with E-state index in [1.54, 1.807) is 6.92 Å². The number of aliphatic carboxylic acids is 1. The van der Waals surface area contributed by atoms with Crippen molar-refractivity contribution in [2.24, 2.45) is 0 Å². The van der Waals surface area contributed by atoms with Gasteiger partial charge in [-0.25, -0.2) is 13.1 Å². The van der Waals surface area contributed by atoms with Crippen LogP contribution in [0.5, 0.6) is 0 Å². The molecule has 1 unspecified atom stereocenters. The molecule has 0 aromatic heterocycles. The van der Waals surface area contributed by atoms with E-state index in [0.29, 0.717) is 6.42 Å². The molecule has 0 saturated heterocycles. The summed E-state index contributed by atoms with van der Waals surface area (Å²) in [6, 6.07) is 7.35. The lowest BCUT2D eigenvalue weighted by atomic mass is 10.0. The predicted molar refractivity (Wildman–Crippen MR) is 68.9 cm³/mol. The Bertz CT molecular complexity index is 525. The van der Waals surface area contributed by atoms with Crippen LogP contribution in [0.25, 0.3) is 0 Å². The van der Waals surface area contributed by atoms with Gasteiger partial charge in [-0.3, -0.25) is 4.79 Å². The maximum atomic E-state index is 11.4. The second-order valence-electron chi connectivity index (χ2n) is 4.30. The quantitative estimate of drug-likeness (QED) is 0.806. The van der Waals surface area contributed by atoms with Crippen molar-refractivity contribution in [1.29, 1.82) is 0 Å². The first-order valence-electron chi connectivity index (χ1n) is 5.56. The Morgan fingerprint density at radius 3 is 2.56 bits per heavy atom. The number of aryl methyl sites for hydroxylation is 1. The van der Waals surface area contributed by atoms with Gasteiger partial charge >= 0.3 is 5.97 Å². The van der Waals surface area contributed by atoms with E-state index in [4.69, 9.17) is 5.11 Å². The maximum Gasteiger partial charge on any atom is 0.320 e. The molecular weight excluding hydrogens is 254 g/mol. The number of benzene rings is 1. The van der Waals surface area contributed by atoms with Gasteiger partial charge in [0.25, 0.3) is 0 Å². The standard InChI is InChI=1S/C12H17NO4S/c1-9-5-3-4-6-11(9)7-10(2)13-18(16,17)8-12(14)15/h3-6,10,13H,7-8H2,1-2H3,(H,14,15). The van der Waals surface area contributed by atoms with E-state index in [9.17, 15) is 13.2 Å². The molecule has 1 rings (SSSR count). The van der Waals surface area contributed by atoms with Crippen LogP contribution in [-0.4, -0.2) is 31.3 Å². The molecule has 100 valence electrons. The highest BCUT2D eigenvalue weighted by molar-refractivity contribution is 7.90. The van der Waals surface area contributed by atoms with Gasteiger partial charge in [-0.15, -0.1) is 0 Å². The number of hydrogen-bond donors (Lipinski definition) is 2. The Kier molecular flexibility index (Phi) is 4.86. The van der Waals surface area contributed by atoms with Gasteiger partial charge < -0.3 is 5.11 Å². The Hall–Kier alpha value is -1.40. The molecule has 0 bridgehead atoms. The van der Waals surface area contributed by atoms with Gasteiger partial charge in [0.2, 0.25) is 10.0 Å². The molecule has 1 atom stereocenters. The first-order chi connectivity index (χ1) is 8.30. The van der Waals surface area contributed by atoms with Crippen LogP contribution < -0.4 is 4.72 Å². The van der Waals surface area contributed by atoms with Crippen LogP contribution in [0.15, 0.2) is 24.3 Å². The zero-order valence-electron chi connectivity index (χ0n) is 10.4.